The quantitative estimate of drug-likeness (QED) is 0.149. The van der Waals surface area contributed by atoms with Crippen LogP contribution in [0.4, 0.5) is 0 Å². The van der Waals surface area contributed by atoms with Gasteiger partial charge in [0.2, 0.25) is 0 Å². The van der Waals surface area contributed by atoms with Crippen LogP contribution in [0.5, 0.6) is 0 Å². The normalized spacial score (nSPS) is 13.1. The molecule has 26 heavy (non-hydrogen) atoms. The largest absolute Gasteiger partial charge is 0.566 e. The zero-order valence-corrected chi connectivity index (χ0v) is 18.6. The Morgan fingerprint density at radius 2 is 0.923 bits per heavy atom. The van der Waals surface area contributed by atoms with Crippen molar-refractivity contribution < 1.29 is 14.0 Å². The topological polar surface area (TPSA) is 49.4 Å². The van der Waals surface area contributed by atoms with Crippen LogP contribution < -0.4 is 4.89 Å². The minimum absolute atomic E-state index is 0.0826. The second-order valence-corrected chi connectivity index (χ2v) is 8.49. The molecule has 0 saturated carbocycles. The van der Waals surface area contributed by atoms with Crippen LogP contribution in [0.3, 0.4) is 0 Å². The first kappa shape index (κ1) is 26.0. The second kappa shape index (κ2) is 21.3. The first-order chi connectivity index (χ1) is 12.7. The van der Waals surface area contributed by atoms with Crippen molar-refractivity contribution in [3.8, 4) is 0 Å². The molecule has 0 bridgehead atoms. The Hall–Kier alpha value is 0.0200. The first-order valence-corrected chi connectivity index (χ1v) is 12.6. The molecule has 0 aromatic heterocycles. The molecule has 0 aliphatic carbocycles. The summed E-state index contributed by atoms with van der Waals surface area (Å²) < 4.78 is 16.0. The first-order valence-electron chi connectivity index (χ1n) is 11.5. The third-order valence-electron chi connectivity index (χ3n) is 5.24. The molecule has 0 rings (SSSR count). The molecule has 0 saturated heterocycles. The van der Waals surface area contributed by atoms with Crippen molar-refractivity contribution in [3.05, 3.63) is 0 Å². The molecule has 0 N–H and O–H groups in total. The van der Waals surface area contributed by atoms with Gasteiger partial charge in [-0.25, -0.2) is 0 Å². The summed E-state index contributed by atoms with van der Waals surface area (Å²) in [7, 11) is -2.71. The van der Waals surface area contributed by atoms with Gasteiger partial charge in [0.05, 0.1) is 0 Å². The molecular weight excluding hydrogens is 343 g/mol. The summed E-state index contributed by atoms with van der Waals surface area (Å²) in [6.45, 7) is 4.49. The summed E-state index contributed by atoms with van der Waals surface area (Å²) in [5.74, 6) is 0. The molecule has 0 aromatic carbocycles. The smallest absolute Gasteiger partial charge is 0.488 e. The van der Waals surface area contributed by atoms with Gasteiger partial charge in [-0.05, 0) is 17.4 Å². The van der Waals surface area contributed by atoms with Crippen molar-refractivity contribution in [3.63, 3.8) is 0 Å². The summed E-state index contributed by atoms with van der Waals surface area (Å²) in [6, 6.07) is 0. The van der Waals surface area contributed by atoms with Crippen LogP contribution in [0.25, 0.3) is 0 Å². The fraction of sp³-hybridized carbons (Fsp3) is 1.00. The van der Waals surface area contributed by atoms with Gasteiger partial charge in [0.1, 0.15) is 6.10 Å². The number of unbranched alkanes of at least 4 members (excludes halogenated alkanes) is 15. The van der Waals surface area contributed by atoms with Crippen molar-refractivity contribution in [1.29, 1.82) is 0 Å². The highest BCUT2D eigenvalue weighted by Gasteiger charge is 2.16. The van der Waals surface area contributed by atoms with Crippen molar-refractivity contribution >= 4 is 8.25 Å². The molecule has 3 nitrogen and oxygen atoms in total. The minimum Gasteiger partial charge on any atom is -0.566 e. The lowest BCUT2D eigenvalue weighted by atomic mass is 10.0. The van der Waals surface area contributed by atoms with Crippen LogP contribution in [0.2, 0.25) is 0 Å². The molecule has 0 heterocycles. The molecule has 0 amide bonds. The van der Waals surface area contributed by atoms with Crippen molar-refractivity contribution in [2.45, 2.75) is 142 Å². The number of hydrogen-bond donors (Lipinski definition) is 0. The van der Waals surface area contributed by atoms with Crippen LogP contribution in [0.15, 0.2) is 0 Å². The zero-order valence-electron chi connectivity index (χ0n) is 17.7. The van der Waals surface area contributed by atoms with Crippen LogP contribution in [0.1, 0.15) is 136 Å². The SMILES string of the molecule is CCCCCCCCCCCCC(CCCCCCCCC)O[P+](=O)[O-]. The molecule has 0 radical (unpaired) electrons. The van der Waals surface area contributed by atoms with Crippen molar-refractivity contribution in [1.82, 2.24) is 0 Å². The summed E-state index contributed by atoms with van der Waals surface area (Å²) in [4.78, 5) is 10.9. The van der Waals surface area contributed by atoms with E-state index in [4.69, 9.17) is 4.52 Å². The molecular formula is C22H45O3P. The van der Waals surface area contributed by atoms with Gasteiger partial charge in [0.15, 0.2) is 0 Å². The Bertz CT molecular complexity index is 297. The van der Waals surface area contributed by atoms with Crippen LogP contribution in [-0.2, 0) is 9.09 Å². The van der Waals surface area contributed by atoms with Gasteiger partial charge in [-0.15, -0.1) is 4.52 Å². The summed E-state index contributed by atoms with van der Waals surface area (Å²) in [5, 5.41) is 0. The fourth-order valence-electron chi connectivity index (χ4n) is 3.56. The van der Waals surface area contributed by atoms with Crippen molar-refractivity contribution in [2.75, 3.05) is 0 Å². The predicted molar refractivity (Wildman–Crippen MR) is 112 cm³/mol. The van der Waals surface area contributed by atoms with E-state index in [0.29, 0.717) is 0 Å². The molecule has 0 fully saturated rings. The zero-order chi connectivity index (χ0) is 19.3. The van der Waals surface area contributed by atoms with Crippen molar-refractivity contribution in [2.24, 2.45) is 0 Å². The van der Waals surface area contributed by atoms with Crippen LogP contribution in [-0.4, -0.2) is 6.10 Å². The Morgan fingerprint density at radius 3 is 1.23 bits per heavy atom. The van der Waals surface area contributed by atoms with E-state index in [2.05, 4.69) is 13.8 Å². The lowest BCUT2D eigenvalue weighted by molar-refractivity contribution is -0.189. The third kappa shape index (κ3) is 20.3. The average Bonchev–Trinajstić information content (AvgIpc) is 2.61. The third-order valence-corrected chi connectivity index (χ3v) is 5.71. The van der Waals surface area contributed by atoms with Gasteiger partial charge in [-0.2, -0.15) is 0 Å². The lowest BCUT2D eigenvalue weighted by Crippen LogP contribution is -2.11. The van der Waals surface area contributed by atoms with E-state index in [9.17, 15) is 9.46 Å². The second-order valence-electron chi connectivity index (χ2n) is 7.83. The van der Waals surface area contributed by atoms with Gasteiger partial charge in [0, 0.05) is 0 Å². The average molecular weight is 389 g/mol. The van der Waals surface area contributed by atoms with Gasteiger partial charge in [-0.3, -0.25) is 0 Å². The van der Waals surface area contributed by atoms with Gasteiger partial charge < -0.3 is 4.89 Å². The monoisotopic (exact) mass is 388 g/mol. The molecule has 0 aliphatic rings. The molecule has 4 heteroatoms. The van der Waals surface area contributed by atoms with E-state index in [1.807, 2.05) is 0 Å². The Kier molecular flexibility index (Phi) is 21.3. The fourth-order valence-corrected chi connectivity index (χ4v) is 4.01. The standard InChI is InChI=1S/C22H45O3P/c1-3-5-7-9-11-12-13-15-17-19-21-22(25-26(23)24)20-18-16-14-10-8-6-4-2/h22H,3-21H2,1-2H3. The van der Waals surface area contributed by atoms with Crippen LogP contribution >= 0.6 is 8.25 Å². The highest BCUT2D eigenvalue weighted by atomic mass is 31.1. The summed E-state index contributed by atoms with van der Waals surface area (Å²) >= 11 is 0. The van der Waals surface area contributed by atoms with Gasteiger partial charge >= 0.3 is 8.25 Å². The van der Waals surface area contributed by atoms with E-state index >= 15 is 0 Å². The summed E-state index contributed by atoms with van der Waals surface area (Å²) in [6.07, 6.45) is 23.7. The highest BCUT2D eigenvalue weighted by molar-refractivity contribution is 7.30. The molecule has 2 unspecified atom stereocenters. The lowest BCUT2D eigenvalue weighted by Gasteiger charge is -2.12. The summed E-state index contributed by atoms with van der Waals surface area (Å²) in [5.41, 5.74) is 0. The Labute approximate surface area is 164 Å². The Morgan fingerprint density at radius 1 is 0.615 bits per heavy atom. The highest BCUT2D eigenvalue weighted by Crippen LogP contribution is 2.23. The number of rotatable bonds is 21. The van der Waals surface area contributed by atoms with E-state index in [1.54, 1.807) is 0 Å². The van der Waals surface area contributed by atoms with Crippen LogP contribution in [0, 0.1) is 0 Å². The van der Waals surface area contributed by atoms with E-state index in [-0.39, 0.29) is 6.10 Å². The van der Waals surface area contributed by atoms with E-state index < -0.39 is 8.25 Å². The molecule has 2 atom stereocenters. The minimum atomic E-state index is -2.71. The molecule has 0 aromatic rings. The van der Waals surface area contributed by atoms with Gasteiger partial charge in [0.25, 0.3) is 0 Å². The maximum Gasteiger partial charge on any atom is 0.488 e. The molecule has 0 spiro atoms. The predicted octanol–water partition coefficient (Wildman–Crippen LogP) is 7.84. The number of hydrogen-bond acceptors (Lipinski definition) is 3. The Balaban J connectivity index is 3.57. The maximum absolute atomic E-state index is 10.9. The maximum atomic E-state index is 10.9. The molecule has 156 valence electrons. The van der Waals surface area contributed by atoms with E-state index in [0.717, 1.165) is 25.7 Å². The molecule has 0 aliphatic heterocycles. The van der Waals surface area contributed by atoms with E-state index in [1.165, 1.54) is 96.3 Å². The van der Waals surface area contributed by atoms with Gasteiger partial charge in [-0.1, -0.05) is 123 Å².